The standard InChI is InChI=1S/C23H35N3O/c1-18(27)24-21-10-8-19(9-11-21)12-13-25-14-16-26(17-15-25)23-7-3-5-20-4-2-6-22(20)23/h3,5,7,19,21H,2,4,6,8-17H2,1H3,(H,24,27). The Kier molecular flexibility index (Phi) is 6.01. The number of rotatable bonds is 5. The Labute approximate surface area is 164 Å². The van der Waals surface area contributed by atoms with Crippen LogP contribution in [0.5, 0.6) is 0 Å². The van der Waals surface area contributed by atoms with E-state index in [2.05, 4.69) is 33.3 Å². The summed E-state index contributed by atoms with van der Waals surface area (Å²) in [6.07, 6.45) is 10.1. The average Bonchev–Trinajstić information content (AvgIpc) is 3.16. The minimum absolute atomic E-state index is 0.125. The molecule has 0 atom stereocenters. The summed E-state index contributed by atoms with van der Waals surface area (Å²) in [6, 6.07) is 7.34. The molecule has 1 N–H and O–H groups in total. The van der Waals surface area contributed by atoms with Gasteiger partial charge < -0.3 is 10.2 Å². The molecule has 2 aliphatic carbocycles. The molecule has 1 aliphatic heterocycles. The van der Waals surface area contributed by atoms with Gasteiger partial charge in [0, 0.05) is 44.8 Å². The van der Waals surface area contributed by atoms with E-state index in [-0.39, 0.29) is 5.91 Å². The maximum atomic E-state index is 11.2. The van der Waals surface area contributed by atoms with Gasteiger partial charge in [0.1, 0.15) is 0 Å². The van der Waals surface area contributed by atoms with E-state index in [0.717, 1.165) is 18.8 Å². The van der Waals surface area contributed by atoms with Gasteiger partial charge in [0.05, 0.1) is 0 Å². The van der Waals surface area contributed by atoms with E-state index in [1.165, 1.54) is 76.9 Å². The Morgan fingerprint density at radius 1 is 1.07 bits per heavy atom. The fraction of sp³-hybridized carbons (Fsp3) is 0.696. The van der Waals surface area contributed by atoms with Crippen molar-refractivity contribution in [3.8, 4) is 0 Å². The molecule has 0 radical (unpaired) electrons. The number of nitrogens with one attached hydrogen (secondary N) is 1. The maximum Gasteiger partial charge on any atom is 0.217 e. The first-order valence-corrected chi connectivity index (χ1v) is 11.0. The third-order valence-corrected chi connectivity index (χ3v) is 6.94. The summed E-state index contributed by atoms with van der Waals surface area (Å²) in [6.45, 7) is 7.62. The fourth-order valence-corrected chi connectivity index (χ4v) is 5.36. The molecule has 4 rings (SSSR count). The molecule has 0 bridgehead atoms. The number of hydrogen-bond donors (Lipinski definition) is 1. The highest BCUT2D eigenvalue weighted by Gasteiger charge is 2.25. The third kappa shape index (κ3) is 4.66. The molecule has 2 fully saturated rings. The van der Waals surface area contributed by atoms with Crippen LogP contribution in [0.2, 0.25) is 0 Å². The first-order valence-electron chi connectivity index (χ1n) is 11.0. The van der Waals surface area contributed by atoms with Crippen molar-refractivity contribution in [1.82, 2.24) is 10.2 Å². The average molecular weight is 370 g/mol. The van der Waals surface area contributed by atoms with Crippen molar-refractivity contribution in [2.24, 2.45) is 5.92 Å². The highest BCUT2D eigenvalue weighted by molar-refractivity contribution is 5.73. The fourth-order valence-electron chi connectivity index (χ4n) is 5.36. The van der Waals surface area contributed by atoms with Crippen molar-refractivity contribution < 1.29 is 4.79 Å². The van der Waals surface area contributed by atoms with Gasteiger partial charge in [0.15, 0.2) is 0 Å². The van der Waals surface area contributed by atoms with Gasteiger partial charge in [-0.3, -0.25) is 9.69 Å². The van der Waals surface area contributed by atoms with Crippen molar-refractivity contribution >= 4 is 11.6 Å². The summed E-state index contributed by atoms with van der Waals surface area (Å²) in [4.78, 5) is 16.5. The number of benzene rings is 1. The maximum absolute atomic E-state index is 11.2. The van der Waals surface area contributed by atoms with Crippen LogP contribution in [0.1, 0.15) is 56.6 Å². The lowest BCUT2D eigenvalue weighted by Crippen LogP contribution is -2.47. The molecule has 27 heavy (non-hydrogen) atoms. The van der Waals surface area contributed by atoms with E-state index in [1.54, 1.807) is 18.1 Å². The first kappa shape index (κ1) is 18.8. The molecule has 1 aromatic carbocycles. The lowest BCUT2D eigenvalue weighted by molar-refractivity contribution is -0.119. The monoisotopic (exact) mass is 369 g/mol. The van der Waals surface area contributed by atoms with E-state index in [4.69, 9.17) is 0 Å². The summed E-state index contributed by atoms with van der Waals surface area (Å²) >= 11 is 0. The Balaban J connectivity index is 1.20. The Morgan fingerprint density at radius 3 is 2.59 bits per heavy atom. The molecule has 0 aromatic heterocycles. The van der Waals surface area contributed by atoms with Crippen LogP contribution >= 0.6 is 0 Å². The Bertz CT molecular complexity index is 643. The predicted molar refractivity (Wildman–Crippen MR) is 111 cm³/mol. The Morgan fingerprint density at radius 2 is 1.85 bits per heavy atom. The van der Waals surface area contributed by atoms with Crippen LogP contribution in [0.3, 0.4) is 0 Å². The van der Waals surface area contributed by atoms with Gasteiger partial charge in [-0.25, -0.2) is 0 Å². The number of carbonyl (C=O) groups excluding carboxylic acids is 1. The molecule has 1 saturated carbocycles. The van der Waals surface area contributed by atoms with Crippen LogP contribution in [0, 0.1) is 5.92 Å². The number of aryl methyl sites for hydroxylation is 1. The Hall–Kier alpha value is -1.55. The largest absolute Gasteiger partial charge is 0.369 e. The number of piperazine rings is 1. The highest BCUT2D eigenvalue weighted by Crippen LogP contribution is 2.32. The van der Waals surface area contributed by atoms with Gasteiger partial charge in [-0.2, -0.15) is 0 Å². The topological polar surface area (TPSA) is 35.6 Å². The van der Waals surface area contributed by atoms with E-state index in [0.29, 0.717) is 6.04 Å². The van der Waals surface area contributed by atoms with E-state index in [9.17, 15) is 4.79 Å². The molecule has 0 unspecified atom stereocenters. The predicted octanol–water partition coefficient (Wildman–Crippen LogP) is 3.38. The second-order valence-corrected chi connectivity index (χ2v) is 8.80. The molecule has 148 valence electrons. The van der Waals surface area contributed by atoms with Gasteiger partial charge in [-0.05, 0) is 81.0 Å². The zero-order valence-corrected chi connectivity index (χ0v) is 16.9. The van der Waals surface area contributed by atoms with Crippen LogP contribution in [-0.2, 0) is 17.6 Å². The summed E-state index contributed by atoms with van der Waals surface area (Å²) in [7, 11) is 0. The molecule has 1 saturated heterocycles. The third-order valence-electron chi connectivity index (χ3n) is 6.94. The van der Waals surface area contributed by atoms with Gasteiger partial charge in [-0.15, -0.1) is 0 Å². The number of anilines is 1. The molecular weight excluding hydrogens is 334 g/mol. The van der Waals surface area contributed by atoms with Crippen LogP contribution < -0.4 is 10.2 Å². The van der Waals surface area contributed by atoms with E-state index >= 15 is 0 Å². The number of fused-ring (bicyclic) bond motifs is 1. The minimum Gasteiger partial charge on any atom is -0.369 e. The van der Waals surface area contributed by atoms with Crippen molar-refractivity contribution in [1.29, 1.82) is 0 Å². The normalized spacial score (nSPS) is 26.0. The number of nitrogens with zero attached hydrogens (tertiary/aromatic N) is 2. The van der Waals surface area contributed by atoms with Crippen molar-refractivity contribution in [2.45, 2.75) is 64.3 Å². The molecule has 4 nitrogen and oxygen atoms in total. The zero-order chi connectivity index (χ0) is 18.6. The molecule has 1 heterocycles. The quantitative estimate of drug-likeness (QED) is 0.864. The summed E-state index contributed by atoms with van der Waals surface area (Å²) < 4.78 is 0. The van der Waals surface area contributed by atoms with Gasteiger partial charge >= 0.3 is 0 Å². The number of amides is 1. The van der Waals surface area contributed by atoms with Crippen LogP contribution in [-0.4, -0.2) is 49.6 Å². The smallest absolute Gasteiger partial charge is 0.217 e. The number of carbonyl (C=O) groups is 1. The molecule has 4 heteroatoms. The van der Waals surface area contributed by atoms with Crippen LogP contribution in [0.4, 0.5) is 5.69 Å². The molecule has 1 amide bonds. The van der Waals surface area contributed by atoms with Crippen LogP contribution in [0.25, 0.3) is 0 Å². The SMILES string of the molecule is CC(=O)NC1CCC(CCN2CCN(c3cccc4c3CCC4)CC2)CC1. The van der Waals surface area contributed by atoms with Crippen molar-refractivity contribution in [2.75, 3.05) is 37.6 Å². The van der Waals surface area contributed by atoms with Crippen molar-refractivity contribution in [3.63, 3.8) is 0 Å². The van der Waals surface area contributed by atoms with Crippen LogP contribution in [0.15, 0.2) is 18.2 Å². The second kappa shape index (κ2) is 8.64. The molecular formula is C23H35N3O. The van der Waals surface area contributed by atoms with Crippen molar-refractivity contribution in [3.05, 3.63) is 29.3 Å². The van der Waals surface area contributed by atoms with Gasteiger partial charge in [0.25, 0.3) is 0 Å². The first-order chi connectivity index (χ1) is 13.2. The zero-order valence-electron chi connectivity index (χ0n) is 16.9. The molecule has 0 spiro atoms. The highest BCUT2D eigenvalue weighted by atomic mass is 16.1. The van der Waals surface area contributed by atoms with Gasteiger partial charge in [-0.1, -0.05) is 12.1 Å². The summed E-state index contributed by atoms with van der Waals surface area (Å²) in [5, 5.41) is 3.09. The van der Waals surface area contributed by atoms with E-state index < -0.39 is 0 Å². The summed E-state index contributed by atoms with van der Waals surface area (Å²) in [5.41, 5.74) is 4.73. The second-order valence-electron chi connectivity index (χ2n) is 8.80. The molecule has 1 aromatic rings. The summed E-state index contributed by atoms with van der Waals surface area (Å²) in [5.74, 6) is 0.978. The lowest BCUT2D eigenvalue weighted by Gasteiger charge is -2.38. The lowest BCUT2D eigenvalue weighted by atomic mass is 9.84. The number of hydrogen-bond acceptors (Lipinski definition) is 3. The van der Waals surface area contributed by atoms with E-state index in [1.807, 2.05) is 0 Å². The van der Waals surface area contributed by atoms with Gasteiger partial charge in [0.2, 0.25) is 5.91 Å². The minimum atomic E-state index is 0.125. The molecule has 3 aliphatic rings.